The average Bonchev–Trinajstić information content (AvgIpc) is 2.66. The molecule has 7 heteroatoms. The molecule has 142 valence electrons. The molecule has 0 fully saturated rings. The Labute approximate surface area is 159 Å². The Bertz CT molecular complexity index is 1040. The van der Waals surface area contributed by atoms with Gasteiger partial charge < -0.3 is 14.8 Å². The van der Waals surface area contributed by atoms with Crippen LogP contribution in [-0.4, -0.2) is 40.0 Å². The molecule has 3 aromatic rings. The van der Waals surface area contributed by atoms with Gasteiger partial charge in [0.05, 0.1) is 22.7 Å². The summed E-state index contributed by atoms with van der Waals surface area (Å²) in [6.07, 6.45) is 2.99. The second-order valence-corrected chi connectivity index (χ2v) is 8.18. The number of hydrogen-bond donors (Lipinski definition) is 1. The molecule has 0 unspecified atom stereocenters. The van der Waals surface area contributed by atoms with Crippen molar-refractivity contribution in [3.63, 3.8) is 0 Å². The second kappa shape index (κ2) is 8.37. The van der Waals surface area contributed by atoms with E-state index in [2.05, 4.69) is 16.4 Å². The molecular formula is C20H22N2O4S. The second-order valence-electron chi connectivity index (χ2n) is 6.16. The molecule has 0 aliphatic carbocycles. The fourth-order valence-corrected chi connectivity index (χ4v) is 3.30. The molecule has 0 atom stereocenters. The fraction of sp³-hybridized carbons (Fsp3) is 0.250. The van der Waals surface area contributed by atoms with E-state index in [4.69, 9.17) is 9.47 Å². The van der Waals surface area contributed by atoms with Crippen LogP contribution >= 0.6 is 0 Å². The smallest absolute Gasteiger partial charge is 0.175 e. The Hall–Kier alpha value is -2.64. The number of nitrogens with one attached hydrogen (secondary N) is 1. The molecule has 1 N–H and O–H groups in total. The third-order valence-corrected chi connectivity index (χ3v) is 5.16. The quantitative estimate of drug-likeness (QED) is 0.599. The zero-order valence-corrected chi connectivity index (χ0v) is 16.1. The number of anilines is 1. The van der Waals surface area contributed by atoms with Gasteiger partial charge in [0, 0.05) is 31.5 Å². The van der Waals surface area contributed by atoms with Crippen LogP contribution in [0.1, 0.15) is 5.56 Å². The predicted molar refractivity (Wildman–Crippen MR) is 106 cm³/mol. The number of sulfone groups is 1. The predicted octanol–water partition coefficient (Wildman–Crippen LogP) is 3.28. The number of pyridine rings is 1. The zero-order chi connectivity index (χ0) is 19.3. The highest BCUT2D eigenvalue weighted by Gasteiger charge is 2.12. The first-order valence-corrected chi connectivity index (χ1v) is 10.4. The highest BCUT2D eigenvalue weighted by atomic mass is 32.2. The Kier molecular flexibility index (Phi) is 5.93. The van der Waals surface area contributed by atoms with E-state index in [9.17, 15) is 8.42 Å². The van der Waals surface area contributed by atoms with Crippen molar-refractivity contribution in [2.24, 2.45) is 0 Å². The van der Waals surface area contributed by atoms with Crippen LogP contribution in [0.2, 0.25) is 0 Å². The molecule has 0 bridgehead atoms. The molecule has 0 spiro atoms. The van der Waals surface area contributed by atoms with E-state index in [0.29, 0.717) is 31.2 Å². The van der Waals surface area contributed by atoms with Crippen LogP contribution in [0.4, 0.5) is 5.69 Å². The van der Waals surface area contributed by atoms with E-state index in [1.165, 1.54) is 6.26 Å². The molecule has 6 nitrogen and oxygen atoms in total. The van der Waals surface area contributed by atoms with Crippen LogP contribution in [0.25, 0.3) is 10.9 Å². The first kappa shape index (κ1) is 19.1. The molecule has 0 saturated heterocycles. The van der Waals surface area contributed by atoms with Crippen molar-refractivity contribution in [2.75, 3.05) is 31.9 Å². The Morgan fingerprint density at radius 3 is 2.67 bits per heavy atom. The molecule has 0 amide bonds. The van der Waals surface area contributed by atoms with Crippen molar-refractivity contribution in [2.45, 2.75) is 11.4 Å². The van der Waals surface area contributed by atoms with E-state index in [-0.39, 0.29) is 4.90 Å². The summed E-state index contributed by atoms with van der Waals surface area (Å²) in [7, 11) is -1.71. The number of aromatic nitrogens is 1. The van der Waals surface area contributed by atoms with Gasteiger partial charge in [0.1, 0.15) is 12.4 Å². The van der Waals surface area contributed by atoms with Crippen molar-refractivity contribution in [3.8, 4) is 5.75 Å². The molecule has 1 aromatic heterocycles. The van der Waals surface area contributed by atoms with E-state index < -0.39 is 9.84 Å². The van der Waals surface area contributed by atoms with Crippen molar-refractivity contribution >= 4 is 26.4 Å². The van der Waals surface area contributed by atoms with Gasteiger partial charge in [-0.25, -0.2) is 8.42 Å². The van der Waals surface area contributed by atoms with Gasteiger partial charge in [-0.15, -0.1) is 0 Å². The molecule has 0 aliphatic heterocycles. The summed E-state index contributed by atoms with van der Waals surface area (Å²) in [6, 6.07) is 14.7. The number of fused-ring (bicyclic) bond motifs is 1. The third-order valence-electron chi connectivity index (χ3n) is 4.05. The van der Waals surface area contributed by atoms with Crippen LogP contribution in [0.3, 0.4) is 0 Å². The molecule has 0 radical (unpaired) electrons. The summed E-state index contributed by atoms with van der Waals surface area (Å²) >= 11 is 0. The fourth-order valence-electron chi connectivity index (χ4n) is 2.65. The molecule has 3 rings (SSSR count). The standard InChI is InChI=1S/C20H22N2O4S/c1-25-9-10-26-20-8-7-17(27(2,23)24)12-19(20)22-14-15-11-16-5-3-4-6-18(16)21-13-15/h3-8,11-13,22H,9-10,14H2,1-2H3. The van der Waals surface area contributed by atoms with E-state index >= 15 is 0 Å². The lowest BCUT2D eigenvalue weighted by atomic mass is 10.1. The largest absolute Gasteiger partial charge is 0.489 e. The number of rotatable bonds is 8. The number of benzene rings is 2. The molecule has 1 heterocycles. The topological polar surface area (TPSA) is 77.5 Å². The lowest BCUT2D eigenvalue weighted by Crippen LogP contribution is -2.08. The normalized spacial score (nSPS) is 11.5. The monoisotopic (exact) mass is 386 g/mol. The SMILES string of the molecule is COCCOc1ccc(S(C)(=O)=O)cc1NCc1cnc2ccccc2c1. The molecule has 0 aliphatic rings. The first-order chi connectivity index (χ1) is 13.0. The minimum atomic E-state index is -3.31. The maximum absolute atomic E-state index is 11.9. The van der Waals surface area contributed by atoms with Crippen molar-refractivity contribution < 1.29 is 17.9 Å². The van der Waals surface area contributed by atoms with Crippen LogP contribution in [0, 0.1) is 0 Å². The van der Waals surface area contributed by atoms with Crippen molar-refractivity contribution in [3.05, 3.63) is 60.3 Å². The summed E-state index contributed by atoms with van der Waals surface area (Å²) in [6.45, 7) is 1.31. The Morgan fingerprint density at radius 1 is 1.07 bits per heavy atom. The van der Waals surface area contributed by atoms with Gasteiger partial charge in [0.25, 0.3) is 0 Å². The minimum Gasteiger partial charge on any atom is -0.489 e. The van der Waals surface area contributed by atoms with Gasteiger partial charge in [-0.2, -0.15) is 0 Å². The van der Waals surface area contributed by atoms with Gasteiger partial charge >= 0.3 is 0 Å². The van der Waals surface area contributed by atoms with Gasteiger partial charge in [0.15, 0.2) is 9.84 Å². The molecule has 0 saturated carbocycles. The maximum atomic E-state index is 11.9. The van der Waals surface area contributed by atoms with E-state index in [0.717, 1.165) is 16.5 Å². The average molecular weight is 386 g/mol. The number of hydrogen-bond acceptors (Lipinski definition) is 6. The van der Waals surface area contributed by atoms with Gasteiger partial charge in [0.2, 0.25) is 0 Å². The first-order valence-electron chi connectivity index (χ1n) is 8.51. The third kappa shape index (κ3) is 4.96. The maximum Gasteiger partial charge on any atom is 0.175 e. The van der Waals surface area contributed by atoms with Crippen molar-refractivity contribution in [1.82, 2.24) is 4.98 Å². The van der Waals surface area contributed by atoms with E-state index in [1.807, 2.05) is 24.3 Å². The zero-order valence-electron chi connectivity index (χ0n) is 15.3. The Balaban J connectivity index is 1.83. The number of para-hydroxylation sites is 1. The highest BCUT2D eigenvalue weighted by molar-refractivity contribution is 7.90. The minimum absolute atomic E-state index is 0.237. The summed E-state index contributed by atoms with van der Waals surface area (Å²) in [5.74, 6) is 0.577. The van der Waals surface area contributed by atoms with Crippen molar-refractivity contribution in [1.29, 1.82) is 0 Å². The number of ether oxygens (including phenoxy) is 2. The van der Waals surface area contributed by atoms with Gasteiger partial charge in [-0.05, 0) is 35.9 Å². The number of methoxy groups -OCH3 is 1. The molecule has 2 aromatic carbocycles. The lowest BCUT2D eigenvalue weighted by Gasteiger charge is -2.14. The van der Waals surface area contributed by atoms with Crippen LogP contribution in [0.15, 0.2) is 59.6 Å². The lowest BCUT2D eigenvalue weighted by molar-refractivity contribution is 0.146. The van der Waals surface area contributed by atoms with Gasteiger partial charge in [-0.3, -0.25) is 4.98 Å². The number of nitrogens with zero attached hydrogens (tertiary/aromatic N) is 1. The Morgan fingerprint density at radius 2 is 1.89 bits per heavy atom. The van der Waals surface area contributed by atoms with Crippen LogP contribution < -0.4 is 10.1 Å². The molecule has 27 heavy (non-hydrogen) atoms. The summed E-state index contributed by atoms with van der Waals surface area (Å²) < 4.78 is 34.5. The summed E-state index contributed by atoms with van der Waals surface area (Å²) in [5, 5.41) is 4.32. The summed E-state index contributed by atoms with van der Waals surface area (Å²) in [4.78, 5) is 4.69. The van der Waals surface area contributed by atoms with Crippen LogP contribution in [-0.2, 0) is 21.1 Å². The highest BCUT2D eigenvalue weighted by Crippen LogP contribution is 2.28. The van der Waals surface area contributed by atoms with E-state index in [1.54, 1.807) is 31.5 Å². The molecular weight excluding hydrogens is 364 g/mol. The summed E-state index contributed by atoms with van der Waals surface area (Å²) in [5.41, 5.74) is 2.53. The van der Waals surface area contributed by atoms with Crippen LogP contribution in [0.5, 0.6) is 5.75 Å². The van der Waals surface area contributed by atoms with Gasteiger partial charge in [-0.1, -0.05) is 18.2 Å².